The summed E-state index contributed by atoms with van der Waals surface area (Å²) < 4.78 is 22.9. The Bertz CT molecular complexity index is 2800. The van der Waals surface area contributed by atoms with Crippen molar-refractivity contribution in [2.45, 2.75) is 152 Å². The summed E-state index contributed by atoms with van der Waals surface area (Å²) in [7, 11) is 4.95. The van der Waals surface area contributed by atoms with Gasteiger partial charge in [-0.05, 0) is 118 Å². The molecule has 0 spiro atoms. The van der Waals surface area contributed by atoms with E-state index in [4.69, 9.17) is 47.4 Å². The van der Waals surface area contributed by atoms with Gasteiger partial charge in [0.2, 0.25) is 11.8 Å². The van der Waals surface area contributed by atoms with Gasteiger partial charge in [-0.1, -0.05) is 100 Å². The van der Waals surface area contributed by atoms with Crippen molar-refractivity contribution in [3.05, 3.63) is 76.1 Å². The summed E-state index contributed by atoms with van der Waals surface area (Å²) in [4.78, 5) is 47.3. The number of amides is 2. The number of hydrogen-bond acceptors (Lipinski definition) is 8. The summed E-state index contributed by atoms with van der Waals surface area (Å²) in [5, 5.41) is 8.06. The third-order valence-electron chi connectivity index (χ3n) is 16.2. The molecule has 2 amide bonds. The van der Waals surface area contributed by atoms with Crippen LogP contribution in [0.1, 0.15) is 128 Å². The lowest BCUT2D eigenvalue weighted by Gasteiger charge is -2.59. The Labute approximate surface area is 420 Å². The van der Waals surface area contributed by atoms with E-state index >= 15 is 9.59 Å². The van der Waals surface area contributed by atoms with Crippen molar-refractivity contribution in [1.82, 2.24) is 29.7 Å². The van der Waals surface area contributed by atoms with Crippen LogP contribution in [0.5, 0.6) is 17.2 Å². The normalized spacial score (nSPS) is 19.8. The van der Waals surface area contributed by atoms with Crippen molar-refractivity contribution in [2.24, 2.45) is 11.8 Å². The molecule has 0 saturated heterocycles. The molecule has 2 atom stereocenters. The zero-order valence-corrected chi connectivity index (χ0v) is 42.6. The van der Waals surface area contributed by atoms with Gasteiger partial charge in [-0.3, -0.25) is 9.59 Å². The SMILES string of the molecule is COc1ccc2nc(-c3ccc(OC)c(Cl)c3)n(C(C(=O)NC3CCCCC3)(C3CCCCC3)C(C(=O)NC3CCCCC3)(C3CCCCC3)n3c(-c4ccc(Cl)s4)nc4ccc(OC)cc43)c2c1. The van der Waals surface area contributed by atoms with Crippen LogP contribution in [0.4, 0.5) is 0 Å². The van der Waals surface area contributed by atoms with Crippen LogP contribution in [0.3, 0.4) is 0 Å². The van der Waals surface area contributed by atoms with Crippen LogP contribution < -0.4 is 24.8 Å². The zero-order chi connectivity index (χ0) is 47.7. The van der Waals surface area contributed by atoms with Gasteiger partial charge < -0.3 is 34.0 Å². The number of nitrogens with zero attached hydrogens (tertiary/aromatic N) is 4. The molecular formula is C55H66Cl2N6O5S. The van der Waals surface area contributed by atoms with Crippen molar-refractivity contribution in [3.8, 4) is 39.3 Å². The number of hydrogen-bond donors (Lipinski definition) is 2. The predicted molar refractivity (Wildman–Crippen MR) is 277 cm³/mol. The Balaban J connectivity index is 1.45. The maximum absolute atomic E-state index is 17.7. The van der Waals surface area contributed by atoms with Crippen LogP contribution in [0.2, 0.25) is 9.36 Å². The molecular weight excluding hydrogens is 928 g/mol. The van der Waals surface area contributed by atoms with Gasteiger partial charge in [-0.2, -0.15) is 0 Å². The lowest BCUT2D eigenvalue weighted by atomic mass is 9.55. The summed E-state index contributed by atoms with van der Waals surface area (Å²) in [5.74, 6) is 1.91. The fraction of sp³-hybridized carbons (Fsp3) is 0.527. The molecule has 3 heterocycles. The zero-order valence-electron chi connectivity index (χ0n) is 40.3. The van der Waals surface area contributed by atoms with E-state index in [-0.39, 0.29) is 35.7 Å². The van der Waals surface area contributed by atoms with Crippen LogP contribution in [0, 0.1) is 11.8 Å². The molecule has 0 radical (unpaired) electrons. The summed E-state index contributed by atoms with van der Waals surface area (Å²) in [5.41, 5.74) is 0.131. The van der Waals surface area contributed by atoms with E-state index in [1.807, 2.05) is 66.7 Å². The van der Waals surface area contributed by atoms with Crippen LogP contribution >= 0.6 is 34.5 Å². The number of carbonyl (C=O) groups excluding carboxylic acids is 2. The van der Waals surface area contributed by atoms with Crippen LogP contribution in [0.25, 0.3) is 44.2 Å². The highest BCUT2D eigenvalue weighted by Crippen LogP contribution is 2.60. The Kier molecular flexibility index (Phi) is 14.2. The van der Waals surface area contributed by atoms with E-state index < -0.39 is 11.1 Å². The van der Waals surface area contributed by atoms with Gasteiger partial charge in [0.25, 0.3) is 0 Å². The summed E-state index contributed by atoms with van der Waals surface area (Å²) in [6, 6.07) is 21.3. The minimum Gasteiger partial charge on any atom is -0.497 e. The minimum atomic E-state index is -1.69. The van der Waals surface area contributed by atoms with Gasteiger partial charge >= 0.3 is 0 Å². The van der Waals surface area contributed by atoms with Crippen molar-refractivity contribution in [2.75, 3.05) is 21.3 Å². The average Bonchev–Trinajstić information content (AvgIpc) is 4.11. The molecule has 366 valence electrons. The molecule has 0 aliphatic heterocycles. The smallest absolute Gasteiger partial charge is 0.249 e. The van der Waals surface area contributed by atoms with Crippen LogP contribution in [-0.4, -0.2) is 64.3 Å². The highest BCUT2D eigenvalue weighted by Gasteiger charge is 2.71. The Hall–Kier alpha value is -4.78. The third-order valence-corrected chi connectivity index (χ3v) is 17.7. The molecule has 4 fully saturated rings. The monoisotopic (exact) mass is 992 g/mol. The van der Waals surface area contributed by atoms with E-state index in [0.29, 0.717) is 73.2 Å². The second-order valence-corrected chi connectivity index (χ2v) is 22.1. The molecule has 14 heteroatoms. The number of methoxy groups -OCH3 is 3. The number of carbonyl (C=O) groups is 2. The van der Waals surface area contributed by atoms with Crippen molar-refractivity contribution < 1.29 is 23.8 Å². The van der Waals surface area contributed by atoms with Crippen LogP contribution in [-0.2, 0) is 20.7 Å². The molecule has 69 heavy (non-hydrogen) atoms. The Morgan fingerprint density at radius 1 is 0.565 bits per heavy atom. The molecule has 11 nitrogen and oxygen atoms in total. The third kappa shape index (κ3) is 8.58. The van der Waals surface area contributed by atoms with Gasteiger partial charge in [0.15, 0.2) is 16.9 Å². The molecule has 4 saturated carbocycles. The van der Waals surface area contributed by atoms with Crippen LogP contribution in [0.15, 0.2) is 66.7 Å². The quantitative estimate of drug-likeness (QED) is 0.111. The van der Waals surface area contributed by atoms with Crippen molar-refractivity contribution in [1.29, 1.82) is 0 Å². The van der Waals surface area contributed by atoms with E-state index in [0.717, 1.165) is 126 Å². The van der Waals surface area contributed by atoms with E-state index in [2.05, 4.69) is 19.8 Å². The molecule has 10 rings (SSSR count). The largest absolute Gasteiger partial charge is 0.497 e. The van der Waals surface area contributed by atoms with Gasteiger partial charge in [-0.25, -0.2) is 9.97 Å². The first kappa shape index (κ1) is 47.9. The molecule has 3 aromatic heterocycles. The molecule has 2 unspecified atom stereocenters. The maximum Gasteiger partial charge on any atom is 0.249 e. The van der Waals surface area contributed by atoms with Gasteiger partial charge in [0.05, 0.1) is 57.6 Å². The summed E-state index contributed by atoms with van der Waals surface area (Å²) >= 11 is 15.5. The molecule has 2 N–H and O–H groups in total. The number of nitrogens with one attached hydrogen (secondary N) is 2. The molecule has 0 bridgehead atoms. The highest BCUT2D eigenvalue weighted by atomic mass is 35.5. The molecule has 3 aromatic carbocycles. The second-order valence-electron chi connectivity index (χ2n) is 20.0. The number of ether oxygens (including phenoxy) is 3. The van der Waals surface area contributed by atoms with E-state index in [1.54, 1.807) is 21.3 Å². The first-order valence-corrected chi connectivity index (χ1v) is 27.1. The van der Waals surface area contributed by atoms with Gasteiger partial charge in [0.1, 0.15) is 23.1 Å². The number of benzene rings is 3. The number of thiophene rings is 1. The lowest BCUT2D eigenvalue weighted by molar-refractivity contribution is -0.163. The van der Waals surface area contributed by atoms with Gasteiger partial charge in [-0.15, -0.1) is 11.3 Å². The first-order chi connectivity index (χ1) is 33.7. The predicted octanol–water partition coefficient (Wildman–Crippen LogP) is 13.3. The highest BCUT2D eigenvalue weighted by molar-refractivity contribution is 7.19. The lowest BCUT2D eigenvalue weighted by Crippen LogP contribution is -2.76. The number of imidazole rings is 2. The molecule has 6 aromatic rings. The van der Waals surface area contributed by atoms with Crippen molar-refractivity contribution in [3.63, 3.8) is 0 Å². The fourth-order valence-corrected chi connectivity index (χ4v) is 14.3. The van der Waals surface area contributed by atoms with E-state index in [1.165, 1.54) is 11.3 Å². The fourth-order valence-electron chi connectivity index (χ4n) is 13.1. The Morgan fingerprint density at radius 3 is 1.46 bits per heavy atom. The average molecular weight is 994 g/mol. The van der Waals surface area contributed by atoms with Gasteiger partial charge in [0, 0.05) is 29.8 Å². The topological polar surface area (TPSA) is 122 Å². The maximum atomic E-state index is 17.7. The van der Waals surface area contributed by atoms with E-state index in [9.17, 15) is 0 Å². The standard InChI is InChI=1S/C55H66Cl2N6O5S/c1-66-40-25-27-43-45(33-40)62(50(60-43)35-24-29-47(68-3)42(56)32-35)54(36-16-8-4-9-17-36,52(64)58-38-20-12-6-13-21-38)55(37-18-10-5-11-19-37,53(65)59-39-22-14-7-15-23-39)63-46-34-41(67-2)26-28-44(46)61-51(63)48-30-31-49(57)69-48/h24-34,36-39H,4-23H2,1-3H3,(H,58,64)(H,59,65). The first-order valence-electron chi connectivity index (χ1n) is 25.6. The number of aromatic nitrogens is 4. The minimum absolute atomic E-state index is 0.0804. The summed E-state index contributed by atoms with van der Waals surface area (Å²) in [6.45, 7) is 0. The second kappa shape index (κ2) is 20.5. The number of rotatable bonds is 14. The molecule has 4 aliphatic carbocycles. The number of halogens is 2. The van der Waals surface area contributed by atoms with Crippen molar-refractivity contribution >= 4 is 68.4 Å². The number of fused-ring (bicyclic) bond motifs is 2. The molecule has 4 aliphatic rings. The Morgan fingerprint density at radius 2 is 1.03 bits per heavy atom. The summed E-state index contributed by atoms with van der Waals surface area (Å²) in [6.07, 6.45) is 18.3.